The number of aromatic nitrogens is 3. The van der Waals surface area contributed by atoms with Crippen molar-refractivity contribution in [1.29, 1.82) is 0 Å². The summed E-state index contributed by atoms with van der Waals surface area (Å²) in [7, 11) is 0. The number of nitrogens with zero attached hydrogens (tertiary/aromatic N) is 4. The molecule has 0 atom stereocenters. The van der Waals surface area contributed by atoms with Crippen molar-refractivity contribution in [3.63, 3.8) is 0 Å². The number of pyridine rings is 1. The average Bonchev–Trinajstić information content (AvgIpc) is 3.05. The molecule has 1 aliphatic rings. The summed E-state index contributed by atoms with van der Waals surface area (Å²) >= 11 is 0. The Morgan fingerprint density at radius 1 is 1.07 bits per heavy atom. The molecule has 140 valence electrons. The van der Waals surface area contributed by atoms with Crippen molar-refractivity contribution in [3.8, 4) is 11.4 Å². The Morgan fingerprint density at radius 2 is 1.85 bits per heavy atom. The highest BCUT2D eigenvalue weighted by atomic mass is 19.4. The lowest BCUT2D eigenvalue weighted by molar-refractivity contribution is -0.137. The van der Waals surface area contributed by atoms with E-state index in [9.17, 15) is 13.2 Å². The lowest BCUT2D eigenvalue weighted by Crippen LogP contribution is -2.33. The molecule has 2 aromatic heterocycles. The van der Waals surface area contributed by atoms with Crippen LogP contribution in [0.2, 0.25) is 0 Å². The minimum Gasteiger partial charge on any atom is -0.291 e. The Bertz CT molecular complexity index is 945. The normalized spacial score (nSPS) is 15.0. The minimum absolute atomic E-state index is 0.612. The number of fused-ring (bicyclic) bond motifs is 1. The van der Waals surface area contributed by atoms with E-state index in [1.165, 1.54) is 0 Å². The molecule has 3 aromatic rings. The van der Waals surface area contributed by atoms with Gasteiger partial charge in [0.05, 0.1) is 23.5 Å². The zero-order valence-electron chi connectivity index (χ0n) is 14.9. The maximum atomic E-state index is 12.7. The van der Waals surface area contributed by atoms with Gasteiger partial charge in [-0.3, -0.25) is 14.6 Å². The van der Waals surface area contributed by atoms with E-state index >= 15 is 0 Å². The largest absolute Gasteiger partial charge is 0.416 e. The molecule has 0 amide bonds. The lowest BCUT2D eigenvalue weighted by Gasteiger charge is -2.27. The van der Waals surface area contributed by atoms with Crippen LogP contribution < -0.4 is 0 Å². The first-order chi connectivity index (χ1) is 12.9. The summed E-state index contributed by atoms with van der Waals surface area (Å²) in [6, 6.07) is 11.4. The van der Waals surface area contributed by atoms with Crippen molar-refractivity contribution in [3.05, 3.63) is 71.0 Å². The summed E-state index contributed by atoms with van der Waals surface area (Å²) in [5, 5.41) is 4.66. The highest BCUT2D eigenvalue weighted by Gasteiger charge is 2.30. The van der Waals surface area contributed by atoms with E-state index in [2.05, 4.69) is 15.0 Å². The van der Waals surface area contributed by atoms with Gasteiger partial charge in [0.15, 0.2) is 0 Å². The second kappa shape index (κ2) is 6.81. The average molecular weight is 372 g/mol. The van der Waals surface area contributed by atoms with Gasteiger partial charge in [-0.15, -0.1) is 0 Å². The highest BCUT2D eigenvalue weighted by Crippen LogP contribution is 2.29. The fraction of sp³-hybridized carbons (Fsp3) is 0.300. The van der Waals surface area contributed by atoms with Crippen LogP contribution in [0.25, 0.3) is 11.4 Å². The molecule has 4 rings (SSSR count). The van der Waals surface area contributed by atoms with Crippen molar-refractivity contribution in [1.82, 2.24) is 19.7 Å². The van der Waals surface area contributed by atoms with Gasteiger partial charge in [0.1, 0.15) is 5.69 Å². The van der Waals surface area contributed by atoms with E-state index in [0.717, 1.165) is 53.4 Å². The van der Waals surface area contributed by atoms with E-state index in [-0.39, 0.29) is 0 Å². The third-order valence-corrected chi connectivity index (χ3v) is 4.82. The first-order valence-corrected chi connectivity index (χ1v) is 8.77. The number of hydrogen-bond donors (Lipinski definition) is 0. The molecule has 7 heteroatoms. The van der Waals surface area contributed by atoms with Crippen molar-refractivity contribution < 1.29 is 13.2 Å². The van der Waals surface area contributed by atoms with E-state index in [4.69, 9.17) is 0 Å². The standard InChI is InChI=1S/C20H19F3N4/c1-14-3-2-8-24-19(14)18-11-17-13-26(9-10-27(17)25-18)12-15-4-6-16(7-5-15)20(21,22)23/h2-8,11H,9-10,12-13H2,1H3. The third-order valence-electron chi connectivity index (χ3n) is 4.82. The van der Waals surface area contributed by atoms with Gasteiger partial charge in [-0.2, -0.15) is 18.3 Å². The Kier molecular flexibility index (Phi) is 4.47. The molecule has 0 unspecified atom stereocenters. The predicted octanol–water partition coefficient (Wildman–Crippen LogP) is 4.29. The van der Waals surface area contributed by atoms with Gasteiger partial charge in [0.25, 0.3) is 0 Å². The molecule has 0 N–H and O–H groups in total. The summed E-state index contributed by atoms with van der Waals surface area (Å²) in [6.07, 6.45) is -2.53. The molecule has 0 aliphatic carbocycles. The minimum atomic E-state index is -4.30. The van der Waals surface area contributed by atoms with Gasteiger partial charge in [0.2, 0.25) is 0 Å². The number of halogens is 3. The van der Waals surface area contributed by atoms with Gasteiger partial charge in [-0.25, -0.2) is 0 Å². The lowest BCUT2D eigenvalue weighted by atomic mass is 10.1. The van der Waals surface area contributed by atoms with Crippen molar-refractivity contribution in [2.24, 2.45) is 0 Å². The first kappa shape index (κ1) is 17.7. The summed E-state index contributed by atoms with van der Waals surface area (Å²) in [5.74, 6) is 0. The number of rotatable bonds is 3. The molecular formula is C20H19F3N4. The molecule has 27 heavy (non-hydrogen) atoms. The fourth-order valence-electron chi connectivity index (χ4n) is 3.38. The van der Waals surface area contributed by atoms with Crippen LogP contribution in [0, 0.1) is 6.92 Å². The number of alkyl halides is 3. The Hall–Kier alpha value is -2.67. The van der Waals surface area contributed by atoms with E-state index in [1.54, 1.807) is 18.3 Å². The third kappa shape index (κ3) is 3.73. The Morgan fingerprint density at radius 3 is 2.56 bits per heavy atom. The number of aryl methyl sites for hydroxylation is 1. The Balaban J connectivity index is 1.48. The van der Waals surface area contributed by atoms with Crippen LogP contribution in [0.15, 0.2) is 48.7 Å². The molecular weight excluding hydrogens is 353 g/mol. The topological polar surface area (TPSA) is 34.0 Å². The van der Waals surface area contributed by atoms with Gasteiger partial charge >= 0.3 is 6.18 Å². The van der Waals surface area contributed by atoms with E-state index < -0.39 is 11.7 Å². The van der Waals surface area contributed by atoms with Crippen LogP contribution in [-0.2, 0) is 25.8 Å². The van der Waals surface area contributed by atoms with Crippen molar-refractivity contribution in [2.45, 2.75) is 32.7 Å². The predicted molar refractivity (Wildman–Crippen MR) is 95.8 cm³/mol. The zero-order valence-corrected chi connectivity index (χ0v) is 14.9. The molecule has 4 nitrogen and oxygen atoms in total. The molecule has 0 bridgehead atoms. The van der Waals surface area contributed by atoms with Gasteiger partial charge in [-0.1, -0.05) is 18.2 Å². The molecule has 0 radical (unpaired) electrons. The number of benzene rings is 1. The molecule has 1 aliphatic heterocycles. The summed E-state index contributed by atoms with van der Waals surface area (Å²) in [5.41, 5.74) is 4.17. The van der Waals surface area contributed by atoms with E-state index in [0.29, 0.717) is 13.1 Å². The highest BCUT2D eigenvalue weighted by molar-refractivity contribution is 5.58. The summed E-state index contributed by atoms with van der Waals surface area (Å²) < 4.78 is 40.1. The molecule has 1 aromatic carbocycles. The maximum absolute atomic E-state index is 12.7. The summed E-state index contributed by atoms with van der Waals surface area (Å²) in [4.78, 5) is 6.64. The van der Waals surface area contributed by atoms with E-state index in [1.807, 2.05) is 29.8 Å². The quantitative estimate of drug-likeness (QED) is 0.688. The van der Waals surface area contributed by atoms with Crippen molar-refractivity contribution in [2.75, 3.05) is 6.54 Å². The van der Waals surface area contributed by atoms with Crippen LogP contribution in [0.4, 0.5) is 13.2 Å². The monoisotopic (exact) mass is 372 g/mol. The number of hydrogen-bond acceptors (Lipinski definition) is 3. The van der Waals surface area contributed by atoms with Gasteiger partial charge < -0.3 is 0 Å². The first-order valence-electron chi connectivity index (χ1n) is 8.77. The second-order valence-corrected chi connectivity index (χ2v) is 6.82. The molecule has 0 saturated carbocycles. The maximum Gasteiger partial charge on any atom is 0.416 e. The Labute approximate surface area is 155 Å². The van der Waals surface area contributed by atoms with Crippen LogP contribution in [-0.4, -0.2) is 26.2 Å². The fourth-order valence-corrected chi connectivity index (χ4v) is 3.38. The molecule has 0 spiro atoms. The van der Waals surface area contributed by atoms with Gasteiger partial charge in [-0.05, 0) is 42.3 Å². The van der Waals surface area contributed by atoms with Crippen LogP contribution in [0.5, 0.6) is 0 Å². The smallest absolute Gasteiger partial charge is 0.291 e. The van der Waals surface area contributed by atoms with Crippen molar-refractivity contribution >= 4 is 0 Å². The molecule has 0 saturated heterocycles. The van der Waals surface area contributed by atoms with Crippen LogP contribution in [0.3, 0.4) is 0 Å². The summed E-state index contributed by atoms with van der Waals surface area (Å²) in [6.45, 7) is 4.89. The SMILES string of the molecule is Cc1cccnc1-c1cc2n(n1)CCN(Cc1ccc(C(F)(F)F)cc1)C2. The van der Waals surface area contributed by atoms with Crippen LogP contribution >= 0.6 is 0 Å². The second-order valence-electron chi connectivity index (χ2n) is 6.82. The zero-order chi connectivity index (χ0) is 19.0. The van der Waals surface area contributed by atoms with Gasteiger partial charge in [0, 0.05) is 25.8 Å². The molecule has 0 fully saturated rings. The molecule has 3 heterocycles. The van der Waals surface area contributed by atoms with Crippen LogP contribution in [0.1, 0.15) is 22.4 Å².